The lowest BCUT2D eigenvalue weighted by Crippen LogP contribution is -2.15. The van der Waals surface area contributed by atoms with E-state index in [1.165, 1.54) is 0 Å². The zero-order valence-electron chi connectivity index (χ0n) is 12.9. The van der Waals surface area contributed by atoms with Gasteiger partial charge in [0.1, 0.15) is 11.5 Å². The van der Waals surface area contributed by atoms with Crippen molar-refractivity contribution in [2.75, 3.05) is 6.61 Å². The minimum absolute atomic E-state index is 0.133. The zero-order valence-corrected chi connectivity index (χ0v) is 12.9. The number of rotatable bonds is 5. The number of hydrogen-bond acceptors (Lipinski definition) is 5. The van der Waals surface area contributed by atoms with E-state index in [0.717, 1.165) is 4.68 Å². The lowest BCUT2D eigenvalue weighted by atomic mass is 10.3. The Hall–Kier alpha value is -3.35. The van der Waals surface area contributed by atoms with Crippen molar-refractivity contribution in [1.29, 1.82) is 0 Å². The van der Waals surface area contributed by atoms with Crippen LogP contribution in [0.25, 0.3) is 5.69 Å². The fourth-order valence-corrected chi connectivity index (χ4v) is 2.07. The number of aromatic amines is 1. The molecule has 0 unspecified atom stereocenters. The third-order valence-corrected chi connectivity index (χ3v) is 3.15. The number of H-pyrrole nitrogens is 1. The number of nitrogens with one attached hydrogen (secondary N) is 1. The van der Waals surface area contributed by atoms with Gasteiger partial charge >= 0.3 is 11.7 Å². The quantitative estimate of drug-likeness (QED) is 0.729. The average molecular weight is 325 g/mol. The number of ether oxygens (including phenoxy) is 2. The van der Waals surface area contributed by atoms with E-state index in [1.807, 2.05) is 30.3 Å². The molecule has 7 nitrogen and oxygen atoms in total. The Morgan fingerprint density at radius 2 is 1.75 bits per heavy atom. The Morgan fingerprint density at radius 1 is 1.08 bits per heavy atom. The topological polar surface area (TPSA) is 86.2 Å². The number of carbonyl (C=O) groups excluding carboxylic acids is 1. The van der Waals surface area contributed by atoms with E-state index in [0.29, 0.717) is 17.2 Å². The van der Waals surface area contributed by atoms with Crippen molar-refractivity contribution in [2.24, 2.45) is 0 Å². The molecule has 122 valence electrons. The van der Waals surface area contributed by atoms with Gasteiger partial charge in [-0.2, -0.15) is 4.68 Å². The summed E-state index contributed by atoms with van der Waals surface area (Å²) in [4.78, 5) is 25.9. The lowest BCUT2D eigenvalue weighted by Gasteiger charge is -2.06. The molecular weight excluding hydrogens is 310 g/mol. The minimum Gasteiger partial charge on any atom is -0.460 e. The summed E-state index contributed by atoms with van der Waals surface area (Å²) in [5.74, 6) is 0.537. The van der Waals surface area contributed by atoms with Crippen LogP contribution in [0.2, 0.25) is 0 Å². The molecule has 0 saturated carbocycles. The van der Waals surface area contributed by atoms with Gasteiger partial charge in [0.05, 0.1) is 12.3 Å². The fourth-order valence-electron chi connectivity index (χ4n) is 2.07. The number of nitrogens with zero attached hydrogens (tertiary/aromatic N) is 2. The first-order chi connectivity index (χ1) is 11.7. The predicted octanol–water partition coefficient (Wildman–Crippen LogP) is 2.53. The number of hydrogen-bond donors (Lipinski definition) is 1. The average Bonchev–Trinajstić information content (AvgIpc) is 2.99. The molecule has 0 fully saturated rings. The standard InChI is InChI=1S/C17H15N3O4/c1-2-23-16(21)15-18-17(22)20(19-15)12-8-10-14(11-9-12)24-13-6-4-3-5-7-13/h3-11H,2H2,1H3,(H,18,19,22). The number of benzene rings is 2. The molecule has 2 aromatic carbocycles. The normalized spacial score (nSPS) is 10.4. The van der Waals surface area contributed by atoms with E-state index in [9.17, 15) is 9.59 Å². The molecule has 3 rings (SSSR count). The van der Waals surface area contributed by atoms with Crippen LogP contribution in [0.3, 0.4) is 0 Å². The summed E-state index contributed by atoms with van der Waals surface area (Å²) < 4.78 is 11.6. The van der Waals surface area contributed by atoms with E-state index in [1.54, 1.807) is 31.2 Å². The molecule has 7 heteroatoms. The third-order valence-electron chi connectivity index (χ3n) is 3.15. The smallest absolute Gasteiger partial charge is 0.376 e. The van der Waals surface area contributed by atoms with Crippen LogP contribution in [0.1, 0.15) is 17.5 Å². The molecule has 1 aromatic heterocycles. The van der Waals surface area contributed by atoms with Gasteiger partial charge in [-0.1, -0.05) is 18.2 Å². The molecule has 0 aliphatic heterocycles. The highest BCUT2D eigenvalue weighted by Crippen LogP contribution is 2.21. The van der Waals surface area contributed by atoms with E-state index < -0.39 is 11.7 Å². The molecule has 0 aliphatic rings. The van der Waals surface area contributed by atoms with Crippen molar-refractivity contribution in [3.05, 3.63) is 70.9 Å². The Labute approximate surface area is 137 Å². The maximum Gasteiger partial charge on any atom is 0.376 e. The SMILES string of the molecule is CCOC(=O)c1nn(-c2ccc(Oc3ccccc3)cc2)c(=O)[nH]1. The number of carbonyl (C=O) groups is 1. The van der Waals surface area contributed by atoms with Crippen LogP contribution in [0.4, 0.5) is 0 Å². The van der Waals surface area contributed by atoms with Crippen LogP contribution >= 0.6 is 0 Å². The van der Waals surface area contributed by atoms with Gasteiger partial charge in [-0.25, -0.2) is 9.59 Å². The largest absolute Gasteiger partial charge is 0.460 e. The van der Waals surface area contributed by atoms with Crippen molar-refractivity contribution in [2.45, 2.75) is 6.92 Å². The molecule has 1 N–H and O–H groups in total. The molecule has 0 saturated heterocycles. The molecular formula is C17H15N3O4. The lowest BCUT2D eigenvalue weighted by molar-refractivity contribution is 0.0512. The van der Waals surface area contributed by atoms with Crippen LogP contribution < -0.4 is 10.4 Å². The summed E-state index contributed by atoms with van der Waals surface area (Å²) in [7, 11) is 0. The molecule has 3 aromatic rings. The second-order valence-electron chi connectivity index (χ2n) is 4.82. The van der Waals surface area contributed by atoms with Gasteiger partial charge in [0.15, 0.2) is 0 Å². The Balaban J connectivity index is 1.81. The van der Waals surface area contributed by atoms with Crippen LogP contribution in [0.15, 0.2) is 59.4 Å². The minimum atomic E-state index is -0.669. The third kappa shape index (κ3) is 3.35. The van der Waals surface area contributed by atoms with Crippen LogP contribution in [-0.2, 0) is 4.74 Å². The van der Waals surface area contributed by atoms with Gasteiger partial charge in [0, 0.05) is 0 Å². The van der Waals surface area contributed by atoms with Crippen molar-refractivity contribution >= 4 is 5.97 Å². The first kappa shape index (κ1) is 15.5. The molecule has 0 aliphatic carbocycles. The van der Waals surface area contributed by atoms with Crippen molar-refractivity contribution < 1.29 is 14.3 Å². The van der Waals surface area contributed by atoms with Crippen LogP contribution in [-0.4, -0.2) is 27.3 Å². The molecule has 0 atom stereocenters. The second kappa shape index (κ2) is 6.82. The van der Waals surface area contributed by atoms with Crippen LogP contribution in [0, 0.1) is 0 Å². The first-order valence-corrected chi connectivity index (χ1v) is 7.37. The molecule has 0 bridgehead atoms. The highest BCUT2D eigenvalue weighted by Gasteiger charge is 2.15. The Kier molecular flexibility index (Phi) is 4.42. The number of para-hydroxylation sites is 1. The van der Waals surface area contributed by atoms with E-state index in [4.69, 9.17) is 9.47 Å². The summed E-state index contributed by atoms with van der Waals surface area (Å²) in [5, 5.41) is 3.95. The van der Waals surface area contributed by atoms with Gasteiger partial charge < -0.3 is 9.47 Å². The predicted molar refractivity (Wildman–Crippen MR) is 86.7 cm³/mol. The molecule has 0 radical (unpaired) electrons. The Bertz CT molecular complexity index is 882. The molecule has 24 heavy (non-hydrogen) atoms. The van der Waals surface area contributed by atoms with Crippen molar-refractivity contribution in [3.8, 4) is 17.2 Å². The second-order valence-corrected chi connectivity index (χ2v) is 4.82. The maximum absolute atomic E-state index is 11.9. The fraction of sp³-hybridized carbons (Fsp3) is 0.118. The van der Waals surface area contributed by atoms with Gasteiger partial charge in [0.25, 0.3) is 0 Å². The first-order valence-electron chi connectivity index (χ1n) is 7.37. The summed E-state index contributed by atoms with van der Waals surface area (Å²) in [5.41, 5.74) is -0.0120. The van der Waals surface area contributed by atoms with Gasteiger partial charge in [-0.05, 0) is 43.3 Å². The number of aromatic nitrogens is 3. The summed E-state index contributed by atoms with van der Waals surface area (Å²) in [6.45, 7) is 1.89. The maximum atomic E-state index is 11.9. The van der Waals surface area contributed by atoms with E-state index >= 15 is 0 Å². The van der Waals surface area contributed by atoms with Gasteiger partial charge in [0.2, 0.25) is 5.82 Å². The molecule has 0 amide bonds. The highest BCUT2D eigenvalue weighted by molar-refractivity contribution is 5.84. The monoisotopic (exact) mass is 325 g/mol. The van der Waals surface area contributed by atoms with Gasteiger partial charge in [-0.3, -0.25) is 4.98 Å². The molecule has 0 spiro atoms. The van der Waals surface area contributed by atoms with Crippen molar-refractivity contribution in [1.82, 2.24) is 14.8 Å². The molecule has 1 heterocycles. The Morgan fingerprint density at radius 3 is 2.42 bits per heavy atom. The summed E-state index contributed by atoms with van der Waals surface area (Å²) in [6, 6.07) is 16.1. The van der Waals surface area contributed by atoms with Crippen molar-refractivity contribution in [3.63, 3.8) is 0 Å². The zero-order chi connectivity index (χ0) is 16.9. The summed E-state index contributed by atoms with van der Waals surface area (Å²) in [6.07, 6.45) is 0. The van der Waals surface area contributed by atoms with E-state index in [-0.39, 0.29) is 12.4 Å². The van der Waals surface area contributed by atoms with Crippen LogP contribution in [0.5, 0.6) is 11.5 Å². The highest BCUT2D eigenvalue weighted by atomic mass is 16.5. The van der Waals surface area contributed by atoms with Gasteiger partial charge in [-0.15, -0.1) is 5.10 Å². The summed E-state index contributed by atoms with van der Waals surface area (Å²) >= 11 is 0. The van der Waals surface area contributed by atoms with E-state index in [2.05, 4.69) is 10.1 Å². The number of esters is 1.